The van der Waals surface area contributed by atoms with Gasteiger partial charge in [0.25, 0.3) is 5.91 Å². The van der Waals surface area contributed by atoms with E-state index in [1.54, 1.807) is 24.8 Å². The van der Waals surface area contributed by atoms with Crippen LogP contribution in [0.5, 0.6) is 0 Å². The fourth-order valence-corrected chi connectivity index (χ4v) is 4.76. The third kappa shape index (κ3) is 3.64. The van der Waals surface area contributed by atoms with Crippen LogP contribution in [0, 0.1) is 25.6 Å². The second-order valence-corrected chi connectivity index (χ2v) is 8.50. The number of carbonyl (C=O) groups is 1. The van der Waals surface area contributed by atoms with Crippen LogP contribution in [0.25, 0.3) is 5.82 Å². The minimum atomic E-state index is -0.366. The van der Waals surface area contributed by atoms with Crippen LogP contribution in [0.3, 0.4) is 0 Å². The summed E-state index contributed by atoms with van der Waals surface area (Å²) in [6.45, 7) is 4.40. The van der Waals surface area contributed by atoms with Gasteiger partial charge in [0.05, 0.1) is 24.0 Å². The number of nitrogens with zero attached hydrogens (tertiary/aromatic N) is 6. The number of amides is 1. The van der Waals surface area contributed by atoms with Crippen LogP contribution in [0.2, 0.25) is 0 Å². The molecule has 3 aliphatic rings. The van der Waals surface area contributed by atoms with Gasteiger partial charge in [-0.3, -0.25) is 4.79 Å². The molecule has 0 spiro atoms. The van der Waals surface area contributed by atoms with Crippen molar-refractivity contribution in [2.45, 2.75) is 45.2 Å². The van der Waals surface area contributed by atoms with Gasteiger partial charge in [-0.2, -0.15) is 10.2 Å². The van der Waals surface area contributed by atoms with E-state index in [0.717, 1.165) is 30.4 Å². The summed E-state index contributed by atoms with van der Waals surface area (Å²) in [5.41, 5.74) is 2.14. The minimum Gasteiger partial charge on any atom is -0.363 e. The number of hydrogen-bond acceptors (Lipinski definition) is 6. The third-order valence-electron chi connectivity index (χ3n) is 6.18. The van der Waals surface area contributed by atoms with Crippen molar-refractivity contribution in [3.8, 4) is 5.82 Å². The Morgan fingerprint density at radius 3 is 2.58 bits per heavy atom. The lowest BCUT2D eigenvalue weighted by molar-refractivity contribution is 0.0280. The average Bonchev–Trinajstić information content (AvgIpc) is 3.30. The highest BCUT2D eigenvalue weighted by Gasteiger charge is 2.44. The largest absolute Gasteiger partial charge is 0.363 e. The smallest absolute Gasteiger partial charge is 0.258 e. The van der Waals surface area contributed by atoms with Crippen molar-refractivity contribution in [2.75, 3.05) is 11.9 Å². The van der Waals surface area contributed by atoms with Gasteiger partial charge in [-0.1, -0.05) is 0 Å². The number of halogens is 1. The zero-order valence-electron chi connectivity index (χ0n) is 17.5. The van der Waals surface area contributed by atoms with E-state index >= 15 is 0 Å². The topological polar surface area (TPSA) is 88.8 Å². The maximum atomic E-state index is 14.4. The maximum absolute atomic E-state index is 14.4. The second kappa shape index (κ2) is 7.72. The number of carbonyl (C=O) groups excluding carboxylic acids is 1. The lowest BCUT2D eigenvalue weighted by Gasteiger charge is -2.50. The Balaban J connectivity index is 1.44. The Hall–Kier alpha value is -3.36. The molecule has 3 atom stereocenters. The van der Waals surface area contributed by atoms with Gasteiger partial charge >= 0.3 is 0 Å². The molecule has 0 aromatic carbocycles. The highest BCUT2D eigenvalue weighted by Crippen LogP contribution is 2.38. The molecular weight excluding hydrogens is 397 g/mol. The molecule has 3 unspecified atom stereocenters. The van der Waals surface area contributed by atoms with Crippen molar-refractivity contribution in [2.24, 2.45) is 5.92 Å². The molecule has 2 aliphatic heterocycles. The molecule has 1 aliphatic carbocycles. The molecule has 1 saturated carbocycles. The van der Waals surface area contributed by atoms with Crippen LogP contribution in [-0.4, -0.2) is 54.4 Å². The van der Waals surface area contributed by atoms with Crippen molar-refractivity contribution < 1.29 is 9.18 Å². The molecule has 3 aromatic heterocycles. The molecule has 1 amide bonds. The zero-order valence-corrected chi connectivity index (χ0v) is 17.5. The summed E-state index contributed by atoms with van der Waals surface area (Å²) in [5.74, 6) is 0.562. The Morgan fingerprint density at radius 1 is 1.10 bits per heavy atom. The Bertz CT molecular complexity index is 1120. The van der Waals surface area contributed by atoms with E-state index in [1.807, 2.05) is 24.8 Å². The lowest BCUT2D eigenvalue weighted by atomic mass is 9.76. The summed E-state index contributed by atoms with van der Waals surface area (Å²) < 4.78 is 14.4. The number of aryl methyl sites for hydroxylation is 2. The number of hydrogen-bond donors (Lipinski definition) is 1. The Kier molecular flexibility index (Phi) is 4.88. The van der Waals surface area contributed by atoms with Gasteiger partial charge in [0.2, 0.25) is 0 Å². The predicted molar refractivity (Wildman–Crippen MR) is 112 cm³/mol. The van der Waals surface area contributed by atoms with Crippen LogP contribution < -0.4 is 5.32 Å². The zero-order chi connectivity index (χ0) is 21.5. The monoisotopic (exact) mass is 421 g/mol. The van der Waals surface area contributed by atoms with Gasteiger partial charge in [0.1, 0.15) is 0 Å². The van der Waals surface area contributed by atoms with Gasteiger partial charge in [-0.25, -0.2) is 14.4 Å². The molecule has 6 rings (SSSR count). The van der Waals surface area contributed by atoms with E-state index in [1.165, 1.54) is 10.9 Å². The molecule has 1 N–H and O–H groups in total. The van der Waals surface area contributed by atoms with E-state index < -0.39 is 0 Å². The number of piperidine rings is 2. The van der Waals surface area contributed by atoms with E-state index in [9.17, 15) is 9.18 Å². The standard InChI is InChI=1S/C22H24FN7O/c1-13-7-16(21(25-11-13)30-26-5-6-27-30)22(31)29-12-15-3-4-19(29)18(9-15)28-20-17(23)8-14(2)10-24-20/h5-8,10-11,15,18-19H,3-4,9,12H2,1-2H3,(H,24,28). The highest BCUT2D eigenvalue weighted by atomic mass is 19.1. The molecule has 31 heavy (non-hydrogen) atoms. The van der Waals surface area contributed by atoms with E-state index in [0.29, 0.717) is 23.8 Å². The van der Waals surface area contributed by atoms with E-state index in [-0.39, 0.29) is 29.6 Å². The summed E-state index contributed by atoms with van der Waals surface area (Å²) >= 11 is 0. The summed E-state index contributed by atoms with van der Waals surface area (Å²) in [4.78, 5) is 25.6. The van der Waals surface area contributed by atoms with Gasteiger partial charge in [-0.05, 0) is 62.3 Å². The van der Waals surface area contributed by atoms with Crippen molar-refractivity contribution in [1.29, 1.82) is 0 Å². The highest BCUT2D eigenvalue weighted by molar-refractivity contribution is 5.97. The van der Waals surface area contributed by atoms with E-state index in [4.69, 9.17) is 0 Å². The number of aromatic nitrogens is 5. The summed E-state index contributed by atoms with van der Waals surface area (Å²) in [6.07, 6.45) is 9.30. The van der Waals surface area contributed by atoms with Crippen LogP contribution in [0.15, 0.2) is 36.9 Å². The minimum absolute atomic E-state index is 0.0426. The predicted octanol–water partition coefficient (Wildman–Crippen LogP) is 2.92. The number of fused-ring (bicyclic) bond motifs is 3. The first-order valence-electron chi connectivity index (χ1n) is 10.5. The summed E-state index contributed by atoms with van der Waals surface area (Å²) in [7, 11) is 0. The Labute approximate surface area is 179 Å². The molecule has 2 saturated heterocycles. The average molecular weight is 421 g/mol. The third-order valence-corrected chi connectivity index (χ3v) is 6.18. The van der Waals surface area contributed by atoms with Crippen molar-refractivity contribution in [3.05, 3.63) is 59.4 Å². The first-order valence-corrected chi connectivity index (χ1v) is 10.5. The molecule has 2 bridgehead atoms. The van der Waals surface area contributed by atoms with E-state index in [2.05, 4.69) is 25.5 Å². The van der Waals surface area contributed by atoms with Gasteiger partial charge in [0, 0.05) is 25.0 Å². The van der Waals surface area contributed by atoms with Gasteiger partial charge in [0.15, 0.2) is 17.5 Å². The van der Waals surface area contributed by atoms with Gasteiger partial charge < -0.3 is 10.2 Å². The summed E-state index contributed by atoms with van der Waals surface area (Å²) in [6, 6.07) is 3.21. The van der Waals surface area contributed by atoms with Crippen molar-refractivity contribution >= 4 is 11.7 Å². The first kappa shape index (κ1) is 19.6. The molecule has 9 heteroatoms. The number of anilines is 1. The SMILES string of the molecule is Cc1cnc(NC2CC3CCC2N(C(=O)c2cc(C)cnc2-n2nccn2)C3)c(F)c1. The fourth-order valence-electron chi connectivity index (χ4n) is 4.76. The molecule has 3 fully saturated rings. The quantitative estimate of drug-likeness (QED) is 0.697. The van der Waals surface area contributed by atoms with Crippen LogP contribution in [0.4, 0.5) is 10.2 Å². The fraction of sp³-hybridized carbons (Fsp3) is 0.409. The van der Waals surface area contributed by atoms with Crippen LogP contribution >= 0.6 is 0 Å². The molecule has 160 valence electrons. The van der Waals surface area contributed by atoms with Gasteiger partial charge in [-0.15, -0.1) is 4.80 Å². The number of rotatable bonds is 4. The Morgan fingerprint density at radius 2 is 1.84 bits per heavy atom. The first-order chi connectivity index (χ1) is 15.0. The van der Waals surface area contributed by atoms with Crippen molar-refractivity contribution in [3.63, 3.8) is 0 Å². The summed E-state index contributed by atoms with van der Waals surface area (Å²) in [5, 5.41) is 11.6. The normalized spacial score (nSPS) is 22.5. The molecule has 0 radical (unpaired) electrons. The second-order valence-electron chi connectivity index (χ2n) is 8.50. The van der Waals surface area contributed by atoms with Crippen LogP contribution in [-0.2, 0) is 0 Å². The van der Waals surface area contributed by atoms with Crippen molar-refractivity contribution in [1.82, 2.24) is 29.9 Å². The van der Waals surface area contributed by atoms with Crippen LogP contribution in [0.1, 0.15) is 40.7 Å². The lowest BCUT2D eigenvalue weighted by Crippen LogP contribution is -2.60. The molecular formula is C22H24FN7O. The molecule has 3 aromatic rings. The molecule has 5 heterocycles. The maximum Gasteiger partial charge on any atom is 0.258 e. The molecule has 8 nitrogen and oxygen atoms in total. The number of nitrogens with one attached hydrogen (secondary N) is 1. The number of pyridine rings is 2.